The zero-order valence-corrected chi connectivity index (χ0v) is 46.3. The molecule has 3 aliphatic rings. The van der Waals surface area contributed by atoms with Gasteiger partial charge in [-0.25, -0.2) is 9.36 Å². The summed E-state index contributed by atoms with van der Waals surface area (Å²) in [7, 11) is -8.24. The molecule has 5 aromatic carbocycles. The predicted octanol–water partition coefficient (Wildman–Crippen LogP) is 11.8. The fourth-order valence-corrected chi connectivity index (χ4v) is 14.8. The molecule has 3 N–H and O–H groups in total. The number of phosphoric ester groups is 1. The third-order valence-corrected chi connectivity index (χ3v) is 19.4. The van der Waals surface area contributed by atoms with Crippen molar-refractivity contribution in [3.63, 3.8) is 0 Å². The van der Waals surface area contributed by atoms with Crippen LogP contribution in [-0.2, 0) is 24.6 Å². The number of aromatic nitrogens is 1. The molecular formula is C56H65ClN6O10P2S. The van der Waals surface area contributed by atoms with Crippen molar-refractivity contribution in [1.82, 2.24) is 9.47 Å². The van der Waals surface area contributed by atoms with Gasteiger partial charge in [-0.3, -0.25) is 23.9 Å². The monoisotopic (exact) mass is 1110 g/mol. The Balaban J connectivity index is 0.867. The van der Waals surface area contributed by atoms with Gasteiger partial charge in [-0.2, -0.15) is 0 Å². The van der Waals surface area contributed by atoms with Gasteiger partial charge in [0.05, 0.1) is 41.2 Å². The van der Waals surface area contributed by atoms with Crippen molar-refractivity contribution in [2.45, 2.75) is 57.4 Å². The molecule has 0 aliphatic carbocycles. The highest BCUT2D eigenvalue weighted by atomic mass is 35.5. The Morgan fingerprint density at radius 2 is 1.53 bits per heavy atom. The smallest absolute Gasteiger partial charge is 0.469 e. The Morgan fingerprint density at radius 1 is 0.855 bits per heavy atom. The molecule has 0 amide bonds. The normalized spacial score (nSPS) is 18.2. The number of carbonyl (C=O) groups is 1. The van der Waals surface area contributed by atoms with Crippen LogP contribution in [0.3, 0.4) is 0 Å². The topological polar surface area (TPSA) is 191 Å². The molecule has 2 atom stereocenters. The summed E-state index contributed by atoms with van der Waals surface area (Å²) in [6.07, 6.45) is 2.76. The Labute approximate surface area is 453 Å². The highest BCUT2D eigenvalue weighted by Gasteiger charge is 2.41. The van der Waals surface area contributed by atoms with Crippen LogP contribution in [0.5, 0.6) is 0 Å². The number of hydrogen-bond acceptors (Lipinski definition) is 11. The van der Waals surface area contributed by atoms with Gasteiger partial charge in [0.2, 0.25) is 0 Å². The molecule has 4 heterocycles. The molecule has 3 aliphatic heterocycles. The summed E-state index contributed by atoms with van der Waals surface area (Å²) in [4.78, 5) is 51.7. The van der Waals surface area contributed by atoms with Crippen molar-refractivity contribution in [1.29, 1.82) is 0 Å². The van der Waals surface area contributed by atoms with Crippen LogP contribution in [0.4, 0.5) is 22.7 Å². The number of nitrogens with zero attached hydrogens (tertiary/aromatic N) is 6. The van der Waals surface area contributed by atoms with Crippen LogP contribution in [0, 0.1) is 28.9 Å². The Morgan fingerprint density at radius 3 is 2.17 bits per heavy atom. The number of nitro benzene ring substituents is 1. The van der Waals surface area contributed by atoms with E-state index in [-0.39, 0.29) is 52.6 Å². The van der Waals surface area contributed by atoms with Gasteiger partial charge >= 0.3 is 21.3 Å². The van der Waals surface area contributed by atoms with Gasteiger partial charge in [-0.15, -0.1) is 11.8 Å². The molecule has 3 fully saturated rings. The first-order valence-electron chi connectivity index (χ1n) is 25.8. The van der Waals surface area contributed by atoms with E-state index in [0.717, 1.165) is 104 Å². The minimum atomic E-state index is -4.52. The Bertz CT molecular complexity index is 3110. The molecule has 1 aromatic heterocycles. The summed E-state index contributed by atoms with van der Waals surface area (Å²) in [6, 6.07) is 38.6. The molecule has 0 unspecified atom stereocenters. The molecule has 0 spiro atoms. The number of piperazine rings is 1. The Kier molecular flexibility index (Phi) is 17.5. The van der Waals surface area contributed by atoms with Crippen LogP contribution in [0.2, 0.25) is 5.02 Å². The molecule has 3 saturated heterocycles. The highest BCUT2D eigenvalue weighted by Crippen LogP contribution is 2.56. The average molecular weight is 1110 g/mol. The number of hydrogen-bond donors (Lipinski definition) is 3. The molecule has 6 aromatic rings. The first kappa shape index (κ1) is 55.3. The number of halogens is 1. The van der Waals surface area contributed by atoms with E-state index in [0.29, 0.717) is 40.5 Å². The summed E-state index contributed by atoms with van der Waals surface area (Å²) < 4.78 is 40.8. The van der Waals surface area contributed by atoms with Crippen molar-refractivity contribution < 1.29 is 42.8 Å². The number of rotatable bonds is 20. The number of carboxylic acid groups (broad SMARTS) is 1. The average Bonchev–Trinajstić information content (AvgIpc) is 4.08. The maximum absolute atomic E-state index is 15.0. The van der Waals surface area contributed by atoms with Gasteiger partial charge in [0.25, 0.3) is 5.69 Å². The molecule has 0 bridgehead atoms. The van der Waals surface area contributed by atoms with E-state index in [1.165, 1.54) is 6.07 Å². The lowest BCUT2D eigenvalue weighted by Crippen LogP contribution is -2.46. The van der Waals surface area contributed by atoms with Crippen molar-refractivity contribution in [2.24, 2.45) is 11.8 Å². The summed E-state index contributed by atoms with van der Waals surface area (Å²) in [5.41, 5.74) is 7.40. The number of nitro groups is 1. The van der Waals surface area contributed by atoms with Crippen LogP contribution in [-0.4, -0.2) is 107 Å². The molecule has 0 saturated carbocycles. The third kappa shape index (κ3) is 12.8. The highest BCUT2D eigenvalue weighted by molar-refractivity contribution is 7.99. The van der Waals surface area contributed by atoms with Gasteiger partial charge in [-0.05, 0) is 156 Å². The second kappa shape index (κ2) is 24.1. The lowest BCUT2D eigenvalue weighted by atomic mass is 9.94. The van der Waals surface area contributed by atoms with Crippen LogP contribution in [0.25, 0.3) is 22.4 Å². The zero-order chi connectivity index (χ0) is 53.7. The van der Waals surface area contributed by atoms with Gasteiger partial charge in [0.15, 0.2) is 0 Å². The summed E-state index contributed by atoms with van der Waals surface area (Å²) in [5, 5.41) is 24.3. The lowest BCUT2D eigenvalue weighted by molar-refractivity contribution is -0.385. The number of piperidine rings is 1. The summed E-state index contributed by atoms with van der Waals surface area (Å²) in [6.45, 7) is 11.8. The first-order valence-corrected chi connectivity index (χ1v) is 30.3. The van der Waals surface area contributed by atoms with Crippen LogP contribution >= 0.6 is 38.7 Å². The second-order valence-electron chi connectivity index (χ2n) is 20.1. The van der Waals surface area contributed by atoms with E-state index >= 15 is 0 Å². The number of aromatic carboxylic acids is 1. The number of anilines is 3. The summed E-state index contributed by atoms with van der Waals surface area (Å²) in [5.74, 6) is -0.0866. The second-order valence-corrected chi connectivity index (χ2v) is 25.2. The van der Waals surface area contributed by atoms with Gasteiger partial charge in [-0.1, -0.05) is 60.1 Å². The fourth-order valence-electron chi connectivity index (χ4n) is 11.0. The number of likely N-dealkylation sites (tertiary alicyclic amines) is 1. The van der Waals surface area contributed by atoms with Crippen molar-refractivity contribution in [3.05, 3.63) is 153 Å². The summed E-state index contributed by atoms with van der Waals surface area (Å²) >= 11 is 8.00. The van der Waals surface area contributed by atoms with Gasteiger partial charge in [0.1, 0.15) is 0 Å². The standard InChI is InChI=1S/C56H65ClN6O10P2S/c1-39(2)62-40(3)53(56(64)65)54(55(62)43-12-15-46(57)16-13-43)45-8-7-9-49(35-45)60-30-28-59(29-31-60)47-17-19-48(20-18-47)61-32-33-72-74(61,68)50-21-14-44(52(36-50)63(66)67)34-42(38-76-51-10-5-4-6-11-51)24-27-58-25-22-41(23-26-58)37-73-75(69,70)71/h4-21,35-36,39,41-42H,22-34,37-38H2,1-3H3,(H,64,65)(H2,69,70,71)/t42-,74+/m0/s1. The third-order valence-electron chi connectivity index (χ3n) is 14.8. The molecule has 20 heteroatoms. The van der Waals surface area contributed by atoms with Crippen LogP contribution < -0.4 is 19.8 Å². The molecule has 16 nitrogen and oxygen atoms in total. The van der Waals surface area contributed by atoms with Crippen LogP contribution in [0.15, 0.2) is 126 Å². The van der Waals surface area contributed by atoms with E-state index in [2.05, 4.69) is 57.4 Å². The molecule has 0 radical (unpaired) electrons. The van der Waals surface area contributed by atoms with E-state index in [9.17, 15) is 29.1 Å². The molecule has 9 rings (SSSR count). The lowest BCUT2D eigenvalue weighted by Gasteiger charge is -2.37. The van der Waals surface area contributed by atoms with Crippen LogP contribution in [0.1, 0.15) is 60.8 Å². The van der Waals surface area contributed by atoms with E-state index in [1.54, 1.807) is 28.6 Å². The minimum absolute atomic E-state index is 0.00776. The molecule has 402 valence electrons. The van der Waals surface area contributed by atoms with Crippen molar-refractivity contribution in [2.75, 3.05) is 85.8 Å². The predicted molar refractivity (Wildman–Crippen MR) is 303 cm³/mol. The first-order chi connectivity index (χ1) is 36.5. The van der Waals surface area contributed by atoms with E-state index in [1.807, 2.05) is 85.8 Å². The number of phosphoric acid groups is 1. The number of thioether (sulfide) groups is 1. The van der Waals surface area contributed by atoms with Gasteiger partial charge in [0, 0.05) is 87.8 Å². The van der Waals surface area contributed by atoms with E-state index < -0.39 is 21.3 Å². The van der Waals surface area contributed by atoms with Crippen molar-refractivity contribution >= 4 is 72.7 Å². The maximum atomic E-state index is 15.0. The molecule has 76 heavy (non-hydrogen) atoms. The quantitative estimate of drug-likeness (QED) is 0.0283. The minimum Gasteiger partial charge on any atom is -0.478 e. The zero-order valence-electron chi connectivity index (χ0n) is 42.9. The maximum Gasteiger partial charge on any atom is 0.469 e. The Hall–Kier alpha value is -5.45. The number of carboxylic acids is 1. The molecular weight excluding hydrogens is 1050 g/mol. The number of benzene rings is 5. The van der Waals surface area contributed by atoms with Gasteiger partial charge < -0.3 is 38.7 Å². The van der Waals surface area contributed by atoms with Crippen molar-refractivity contribution in [3.8, 4) is 22.4 Å². The largest absolute Gasteiger partial charge is 0.478 e. The fraction of sp³-hybridized carbons (Fsp3) is 0.375. The SMILES string of the molecule is Cc1c(C(=O)O)c(-c2cccc(N3CCN(c4ccc(N5CCO[P@]5(=O)c5ccc(C[C@H](CCN6CCC(COP(=O)(O)O)CC6)CSc6ccccc6)c([N+](=O)[O-])c5)cc4)CC3)c2)c(-c2ccc(Cl)cc2)n1C(C)C. The van der Waals surface area contributed by atoms with E-state index in [4.69, 9.17) is 30.4 Å².